The van der Waals surface area contributed by atoms with Crippen LogP contribution in [0.15, 0.2) is 18.2 Å². The van der Waals surface area contributed by atoms with E-state index in [-0.39, 0.29) is 0 Å². The monoisotopic (exact) mass is 380 g/mol. The Balaban J connectivity index is 2.69. The molecule has 2 rings (SSSR count). The first-order valence-corrected chi connectivity index (χ1v) is 6.99. The van der Waals surface area contributed by atoms with Crippen molar-refractivity contribution in [2.45, 2.75) is 5.33 Å². The highest BCUT2D eigenvalue weighted by atomic mass is 127. The molecular formula is C10H6BrIOS. The van der Waals surface area contributed by atoms with Gasteiger partial charge < -0.3 is 0 Å². The van der Waals surface area contributed by atoms with Crippen molar-refractivity contribution in [2.24, 2.45) is 0 Å². The number of carbonyl (C=O) groups is 1. The van der Waals surface area contributed by atoms with E-state index in [0.29, 0.717) is 0 Å². The van der Waals surface area contributed by atoms with E-state index in [1.165, 1.54) is 9.58 Å². The van der Waals surface area contributed by atoms with Crippen LogP contribution in [0.4, 0.5) is 0 Å². The first-order valence-electron chi connectivity index (χ1n) is 3.97. The fourth-order valence-electron chi connectivity index (χ4n) is 1.29. The Morgan fingerprint density at radius 2 is 2.21 bits per heavy atom. The number of thiophene rings is 1. The lowest BCUT2D eigenvalue weighted by Gasteiger charge is -1.95. The predicted molar refractivity (Wildman–Crippen MR) is 72.6 cm³/mol. The molecule has 0 saturated heterocycles. The van der Waals surface area contributed by atoms with E-state index in [4.69, 9.17) is 0 Å². The molecule has 0 spiro atoms. The van der Waals surface area contributed by atoms with E-state index >= 15 is 0 Å². The molecule has 0 amide bonds. The van der Waals surface area contributed by atoms with E-state index < -0.39 is 0 Å². The number of carbonyl (C=O) groups excluding carboxylic acids is 1. The summed E-state index contributed by atoms with van der Waals surface area (Å²) in [6, 6.07) is 6.14. The van der Waals surface area contributed by atoms with Crippen LogP contribution < -0.4 is 0 Å². The lowest BCUT2D eigenvalue weighted by atomic mass is 10.2. The van der Waals surface area contributed by atoms with Crippen molar-refractivity contribution in [3.63, 3.8) is 0 Å². The zero-order chi connectivity index (χ0) is 10.1. The molecule has 0 unspecified atom stereocenters. The van der Waals surface area contributed by atoms with Crippen LogP contribution in [0, 0.1) is 3.57 Å². The average molecular weight is 381 g/mol. The number of alkyl halides is 1. The normalized spacial score (nSPS) is 10.7. The highest BCUT2D eigenvalue weighted by Crippen LogP contribution is 2.29. The van der Waals surface area contributed by atoms with Gasteiger partial charge in [-0.15, -0.1) is 11.3 Å². The molecule has 0 radical (unpaired) electrons. The maximum atomic E-state index is 10.7. The van der Waals surface area contributed by atoms with Crippen LogP contribution in [0.2, 0.25) is 0 Å². The third-order valence-corrected chi connectivity index (χ3v) is 4.95. The molecule has 0 fully saturated rings. The van der Waals surface area contributed by atoms with E-state index in [1.807, 2.05) is 6.07 Å². The fraction of sp³-hybridized carbons (Fsp3) is 0.100. The fourth-order valence-corrected chi connectivity index (χ4v) is 3.54. The Morgan fingerprint density at radius 3 is 2.86 bits per heavy atom. The van der Waals surface area contributed by atoms with Crippen LogP contribution in [0.1, 0.15) is 15.2 Å². The molecule has 0 atom stereocenters. The Morgan fingerprint density at radius 1 is 1.43 bits per heavy atom. The minimum absolute atomic E-state index is 0.775. The Bertz CT molecular complexity index is 492. The number of rotatable bonds is 2. The number of halogens is 2. The first-order chi connectivity index (χ1) is 6.74. The quantitative estimate of drug-likeness (QED) is 0.433. The Hall–Kier alpha value is 0.0600. The average Bonchev–Trinajstić information content (AvgIpc) is 2.58. The second-order valence-corrected chi connectivity index (χ2v) is 5.77. The molecule has 0 aliphatic heterocycles. The molecule has 2 aromatic rings. The summed E-state index contributed by atoms with van der Waals surface area (Å²) in [7, 11) is 0. The summed E-state index contributed by atoms with van der Waals surface area (Å²) in [5.74, 6) is 0. The number of benzene rings is 1. The minimum atomic E-state index is 0.775. The van der Waals surface area contributed by atoms with Gasteiger partial charge in [-0.25, -0.2) is 0 Å². The van der Waals surface area contributed by atoms with Crippen LogP contribution >= 0.6 is 49.9 Å². The second kappa shape index (κ2) is 4.28. The summed E-state index contributed by atoms with van der Waals surface area (Å²) in [6.07, 6.45) is 0.909. The van der Waals surface area contributed by atoms with Crippen molar-refractivity contribution in [2.75, 3.05) is 0 Å². The van der Waals surface area contributed by atoms with Crippen LogP contribution in [-0.4, -0.2) is 6.29 Å². The summed E-state index contributed by atoms with van der Waals surface area (Å²) < 4.78 is 2.27. The SMILES string of the molecule is O=Cc1cc2cc(CBr)sc2cc1I. The highest BCUT2D eigenvalue weighted by Gasteiger charge is 2.05. The van der Waals surface area contributed by atoms with E-state index in [1.54, 1.807) is 11.3 Å². The van der Waals surface area contributed by atoms with Gasteiger partial charge >= 0.3 is 0 Å². The van der Waals surface area contributed by atoms with Crippen LogP contribution in [0.25, 0.3) is 10.1 Å². The lowest BCUT2D eigenvalue weighted by Crippen LogP contribution is -1.83. The largest absolute Gasteiger partial charge is 0.298 e. The zero-order valence-electron chi connectivity index (χ0n) is 7.09. The molecule has 0 saturated carbocycles. The van der Waals surface area contributed by atoms with Crippen LogP contribution in [0.3, 0.4) is 0 Å². The van der Waals surface area contributed by atoms with E-state index in [9.17, 15) is 4.79 Å². The molecule has 14 heavy (non-hydrogen) atoms. The van der Waals surface area contributed by atoms with Gasteiger partial charge in [-0.3, -0.25) is 4.79 Å². The van der Waals surface area contributed by atoms with Gasteiger partial charge in [0, 0.05) is 24.0 Å². The standard InChI is InChI=1S/C10H6BrIOS/c11-4-8-2-6-1-7(5-13)9(12)3-10(6)14-8/h1-3,5H,4H2. The van der Waals surface area contributed by atoms with Gasteiger partial charge in [0.15, 0.2) is 6.29 Å². The van der Waals surface area contributed by atoms with Crippen molar-refractivity contribution in [1.82, 2.24) is 0 Å². The topological polar surface area (TPSA) is 17.1 Å². The summed E-state index contributed by atoms with van der Waals surface area (Å²) in [5.41, 5.74) is 0.775. The first kappa shape index (κ1) is 10.6. The molecule has 0 aliphatic carbocycles. The van der Waals surface area contributed by atoms with Gasteiger partial charge in [0.05, 0.1) is 0 Å². The summed E-state index contributed by atoms with van der Waals surface area (Å²) in [5, 5.41) is 2.03. The molecule has 1 heterocycles. The molecule has 0 N–H and O–H groups in total. The molecule has 1 aromatic heterocycles. The third-order valence-electron chi connectivity index (χ3n) is 1.95. The van der Waals surface area contributed by atoms with Crippen molar-refractivity contribution in [3.8, 4) is 0 Å². The molecule has 0 aliphatic rings. The predicted octanol–water partition coefficient (Wildman–Crippen LogP) is 4.21. The minimum Gasteiger partial charge on any atom is -0.298 e. The smallest absolute Gasteiger partial charge is 0.151 e. The van der Waals surface area contributed by atoms with Gasteiger partial charge in [-0.2, -0.15) is 0 Å². The second-order valence-electron chi connectivity index (χ2n) is 2.88. The molecular weight excluding hydrogens is 375 g/mol. The molecule has 1 nitrogen and oxygen atoms in total. The molecule has 72 valence electrons. The number of aldehydes is 1. The summed E-state index contributed by atoms with van der Waals surface area (Å²) in [6.45, 7) is 0. The maximum absolute atomic E-state index is 10.7. The number of hydrogen-bond donors (Lipinski definition) is 0. The molecule has 1 aromatic carbocycles. The van der Waals surface area contributed by atoms with Gasteiger partial charge in [0.25, 0.3) is 0 Å². The molecule has 4 heteroatoms. The van der Waals surface area contributed by atoms with Gasteiger partial charge in [0.2, 0.25) is 0 Å². The Labute approximate surface area is 108 Å². The van der Waals surface area contributed by atoms with Crippen molar-refractivity contribution >= 4 is 66.2 Å². The van der Waals surface area contributed by atoms with Crippen LogP contribution in [-0.2, 0) is 5.33 Å². The van der Waals surface area contributed by atoms with Gasteiger partial charge in [-0.1, -0.05) is 15.9 Å². The van der Waals surface area contributed by atoms with Crippen molar-refractivity contribution < 1.29 is 4.79 Å². The van der Waals surface area contributed by atoms with Crippen molar-refractivity contribution in [1.29, 1.82) is 0 Å². The third kappa shape index (κ3) is 1.87. The van der Waals surface area contributed by atoms with Crippen LogP contribution in [0.5, 0.6) is 0 Å². The van der Waals surface area contributed by atoms with Gasteiger partial charge in [0.1, 0.15) is 0 Å². The number of fused-ring (bicyclic) bond motifs is 1. The summed E-state index contributed by atoms with van der Waals surface area (Å²) in [4.78, 5) is 12.0. The zero-order valence-corrected chi connectivity index (χ0v) is 11.6. The molecule has 0 bridgehead atoms. The maximum Gasteiger partial charge on any atom is 0.151 e. The Kier molecular flexibility index (Phi) is 3.23. The summed E-state index contributed by atoms with van der Waals surface area (Å²) >= 11 is 7.39. The highest BCUT2D eigenvalue weighted by molar-refractivity contribution is 14.1. The van der Waals surface area contributed by atoms with E-state index in [2.05, 4.69) is 50.7 Å². The van der Waals surface area contributed by atoms with E-state index in [0.717, 1.165) is 26.1 Å². The number of hydrogen-bond acceptors (Lipinski definition) is 2. The lowest BCUT2D eigenvalue weighted by molar-refractivity contribution is 0.112. The van der Waals surface area contributed by atoms with Gasteiger partial charge in [-0.05, 0) is 46.2 Å². The van der Waals surface area contributed by atoms with Crippen molar-refractivity contribution in [3.05, 3.63) is 32.2 Å².